The van der Waals surface area contributed by atoms with Crippen LogP contribution in [-0.4, -0.2) is 26.7 Å². The standard InChI is InChI=1S/C37H40N3O4P/c1-36(2,3)43-33(41)31(40-30-25-17-16-24-29(30)39-35(40)38)32(34(42)44-37(4,5)6)45(26-18-10-7-11-19-26,27-20-12-8-13-21-27)28-22-14-9-15-23-28/h7-25,31H,1-6H3,(H2-,38,39,42)/b34-32+. The Balaban J connectivity index is 2.03. The molecule has 1 atom stereocenters. The molecular weight excluding hydrogens is 581 g/mol. The van der Waals surface area contributed by atoms with Crippen LogP contribution in [0.15, 0.2) is 127 Å². The number of benzene rings is 4. The van der Waals surface area contributed by atoms with Crippen LogP contribution in [0.2, 0.25) is 0 Å². The van der Waals surface area contributed by atoms with E-state index in [1.807, 2.05) is 136 Å². The van der Waals surface area contributed by atoms with E-state index in [2.05, 4.69) is 4.98 Å². The molecule has 0 bridgehead atoms. The summed E-state index contributed by atoms with van der Waals surface area (Å²) in [4.78, 5) is 19.4. The molecule has 8 heteroatoms. The Morgan fingerprint density at radius 2 is 1.13 bits per heavy atom. The molecule has 0 aliphatic rings. The van der Waals surface area contributed by atoms with Crippen molar-refractivity contribution in [3.63, 3.8) is 0 Å². The quantitative estimate of drug-likeness (QED) is 0.133. The van der Waals surface area contributed by atoms with Gasteiger partial charge in [0, 0.05) is 5.60 Å². The van der Waals surface area contributed by atoms with Gasteiger partial charge >= 0.3 is 5.97 Å². The molecule has 0 amide bonds. The zero-order valence-corrected chi connectivity index (χ0v) is 27.5. The molecule has 0 saturated carbocycles. The van der Waals surface area contributed by atoms with Gasteiger partial charge in [0.25, 0.3) is 0 Å². The predicted octanol–water partition coefficient (Wildman–Crippen LogP) is 5.84. The van der Waals surface area contributed by atoms with E-state index in [-0.39, 0.29) is 11.3 Å². The van der Waals surface area contributed by atoms with Gasteiger partial charge in [0.2, 0.25) is 5.95 Å². The van der Waals surface area contributed by atoms with Crippen molar-refractivity contribution < 1.29 is 19.4 Å². The first-order valence-corrected chi connectivity index (χ1v) is 16.7. The molecule has 0 spiro atoms. The van der Waals surface area contributed by atoms with E-state index in [1.165, 1.54) is 0 Å². The lowest BCUT2D eigenvalue weighted by Gasteiger charge is -2.39. The molecule has 0 saturated heterocycles. The van der Waals surface area contributed by atoms with Crippen molar-refractivity contribution in [2.45, 2.75) is 58.8 Å². The topological polar surface area (TPSA) is 102 Å². The normalized spacial score (nSPS) is 13.6. The molecule has 232 valence electrons. The van der Waals surface area contributed by atoms with Crippen molar-refractivity contribution in [2.75, 3.05) is 5.73 Å². The van der Waals surface area contributed by atoms with Gasteiger partial charge in [0.05, 0.1) is 17.0 Å². The maximum absolute atomic E-state index is 15.1. The first-order chi connectivity index (χ1) is 21.3. The van der Waals surface area contributed by atoms with Crippen LogP contribution in [0.3, 0.4) is 0 Å². The zero-order valence-electron chi connectivity index (χ0n) is 26.6. The van der Waals surface area contributed by atoms with Crippen LogP contribution in [0.4, 0.5) is 5.95 Å². The maximum Gasteiger partial charge on any atom is 0.338 e. The smallest absolute Gasteiger partial charge is 0.338 e. The summed E-state index contributed by atoms with van der Waals surface area (Å²) in [5.74, 6) is -1.16. The highest BCUT2D eigenvalue weighted by Crippen LogP contribution is 2.66. The van der Waals surface area contributed by atoms with Gasteiger partial charge in [-0.25, -0.2) is 9.78 Å². The summed E-state index contributed by atoms with van der Waals surface area (Å²) in [5.41, 5.74) is 6.12. The Labute approximate surface area is 265 Å². The summed E-state index contributed by atoms with van der Waals surface area (Å²) >= 11 is 0. The van der Waals surface area contributed by atoms with Gasteiger partial charge in [-0.2, -0.15) is 0 Å². The van der Waals surface area contributed by atoms with Crippen LogP contribution < -0.4 is 26.8 Å². The number of hydrogen-bond donors (Lipinski definition) is 1. The number of para-hydroxylation sites is 2. The molecule has 2 N–H and O–H groups in total. The molecule has 45 heavy (non-hydrogen) atoms. The van der Waals surface area contributed by atoms with Crippen molar-refractivity contribution in [1.29, 1.82) is 0 Å². The van der Waals surface area contributed by atoms with Gasteiger partial charge in [0.15, 0.2) is 6.04 Å². The van der Waals surface area contributed by atoms with E-state index in [0.29, 0.717) is 11.0 Å². The third-order valence-electron chi connectivity index (χ3n) is 7.17. The number of ether oxygens (including phenoxy) is 2. The third kappa shape index (κ3) is 6.45. The third-order valence-corrected chi connectivity index (χ3v) is 11.5. The molecule has 1 aromatic heterocycles. The van der Waals surface area contributed by atoms with Gasteiger partial charge in [-0.3, -0.25) is 4.57 Å². The Kier molecular flexibility index (Phi) is 8.77. The SMILES string of the molecule is CC(C)(C)OC(=O)C(/C(=C(/[O-])OC(C)(C)C)[P+](c1ccccc1)(c1ccccc1)c1ccccc1)n1c(N)nc2ccccc21. The number of hydrogen-bond acceptors (Lipinski definition) is 6. The van der Waals surface area contributed by atoms with Gasteiger partial charge in [-0.05, 0) is 69.3 Å². The molecule has 1 heterocycles. The van der Waals surface area contributed by atoms with Crippen LogP contribution in [0.5, 0.6) is 0 Å². The molecule has 4 aromatic carbocycles. The lowest BCUT2D eigenvalue weighted by Crippen LogP contribution is -2.41. The number of esters is 1. The van der Waals surface area contributed by atoms with Crippen LogP contribution >= 0.6 is 7.26 Å². The number of nitrogen functional groups attached to an aromatic ring is 1. The Morgan fingerprint density at radius 1 is 0.711 bits per heavy atom. The highest BCUT2D eigenvalue weighted by atomic mass is 31.2. The zero-order chi connectivity index (χ0) is 32.4. The van der Waals surface area contributed by atoms with Crippen LogP contribution in [0.25, 0.3) is 11.0 Å². The number of rotatable bonds is 8. The molecular formula is C37H40N3O4P. The fourth-order valence-electron chi connectivity index (χ4n) is 5.61. The van der Waals surface area contributed by atoms with Crippen LogP contribution in [-0.2, 0) is 14.3 Å². The van der Waals surface area contributed by atoms with Gasteiger partial charge < -0.3 is 20.3 Å². The molecule has 7 nitrogen and oxygen atoms in total. The van der Waals surface area contributed by atoms with Crippen molar-refractivity contribution in [3.05, 3.63) is 127 Å². The van der Waals surface area contributed by atoms with Crippen LogP contribution in [0.1, 0.15) is 47.6 Å². The first-order valence-electron chi connectivity index (χ1n) is 14.9. The monoisotopic (exact) mass is 621 g/mol. The Hall–Kier alpha value is -4.61. The van der Waals surface area contributed by atoms with E-state index >= 15 is 5.11 Å². The van der Waals surface area contributed by atoms with E-state index in [1.54, 1.807) is 25.3 Å². The fourth-order valence-corrected chi connectivity index (χ4v) is 10.1. The Morgan fingerprint density at radius 3 is 1.58 bits per heavy atom. The highest BCUT2D eigenvalue weighted by Gasteiger charge is 2.56. The molecule has 1 unspecified atom stereocenters. The summed E-state index contributed by atoms with van der Waals surface area (Å²) < 4.78 is 14.0. The minimum atomic E-state index is -3.18. The summed E-state index contributed by atoms with van der Waals surface area (Å²) in [6.07, 6.45) is 0. The maximum atomic E-state index is 15.1. The fraction of sp³-hybridized carbons (Fsp3) is 0.243. The van der Waals surface area contributed by atoms with Crippen molar-refractivity contribution in [1.82, 2.24) is 9.55 Å². The largest absolute Gasteiger partial charge is 0.605 e. The minimum Gasteiger partial charge on any atom is -0.605 e. The number of aromatic nitrogens is 2. The number of imidazole rings is 1. The van der Waals surface area contributed by atoms with Gasteiger partial charge in [-0.15, -0.1) is 0 Å². The average molecular weight is 622 g/mol. The first kappa shape index (κ1) is 31.8. The average Bonchev–Trinajstić information content (AvgIpc) is 3.32. The molecule has 5 aromatic rings. The highest BCUT2D eigenvalue weighted by molar-refractivity contribution is 7.99. The van der Waals surface area contributed by atoms with Crippen molar-refractivity contribution in [2.24, 2.45) is 0 Å². The summed E-state index contributed by atoms with van der Waals surface area (Å²) in [6.45, 7) is 10.9. The van der Waals surface area contributed by atoms with Gasteiger partial charge in [-0.1, -0.05) is 87.5 Å². The van der Waals surface area contributed by atoms with E-state index in [0.717, 1.165) is 15.9 Å². The second kappa shape index (κ2) is 12.4. The van der Waals surface area contributed by atoms with Crippen molar-refractivity contribution >= 4 is 46.1 Å². The summed E-state index contributed by atoms with van der Waals surface area (Å²) in [5, 5.41) is 17.9. The number of carbonyl (C=O) groups is 1. The second-order valence-electron chi connectivity index (χ2n) is 12.8. The van der Waals surface area contributed by atoms with E-state index in [9.17, 15) is 4.79 Å². The van der Waals surface area contributed by atoms with Crippen LogP contribution in [0, 0.1) is 0 Å². The summed E-state index contributed by atoms with van der Waals surface area (Å²) in [6, 6.07) is 35.7. The summed E-state index contributed by atoms with van der Waals surface area (Å²) in [7, 11) is -3.18. The number of carbonyl (C=O) groups excluding carboxylic acids is 1. The number of nitrogens with two attached hydrogens (primary N) is 1. The molecule has 0 aliphatic heterocycles. The molecule has 0 aliphatic carbocycles. The van der Waals surface area contributed by atoms with Crippen molar-refractivity contribution in [3.8, 4) is 0 Å². The number of nitrogens with zero attached hydrogens (tertiary/aromatic N) is 2. The Bertz CT molecular complexity index is 1710. The predicted molar refractivity (Wildman–Crippen MR) is 182 cm³/mol. The van der Waals surface area contributed by atoms with E-state index < -0.39 is 36.4 Å². The number of fused-ring (bicyclic) bond motifs is 1. The second-order valence-corrected chi connectivity index (χ2v) is 16.2. The lowest BCUT2D eigenvalue weighted by atomic mass is 10.1. The molecule has 5 rings (SSSR count). The van der Waals surface area contributed by atoms with E-state index in [4.69, 9.17) is 15.2 Å². The minimum absolute atomic E-state index is 0.0837. The van der Waals surface area contributed by atoms with Gasteiger partial charge in [0.1, 0.15) is 34.1 Å². The molecule has 0 fully saturated rings. The molecule has 0 radical (unpaired) electrons. The number of anilines is 1. The lowest BCUT2D eigenvalue weighted by molar-refractivity contribution is -0.370.